The zero-order chi connectivity index (χ0) is 11.5. The number of carboxylic acid groups (broad SMARTS) is 1. The normalized spacial score (nSPS) is 9.71. The van der Waals surface area contributed by atoms with Crippen LogP contribution in [0.5, 0.6) is 5.75 Å². The molecule has 1 aromatic carbocycles. The van der Waals surface area contributed by atoms with E-state index in [9.17, 15) is 4.79 Å². The first-order valence-corrected chi connectivity index (χ1v) is 4.94. The first kappa shape index (κ1) is 13.5. The number of nitrogens with zero attached hydrogens (tertiary/aromatic N) is 1. The van der Waals surface area contributed by atoms with Crippen molar-refractivity contribution in [1.29, 1.82) is 0 Å². The number of carbonyl (C=O) groups is 1. The maximum absolute atomic E-state index is 10.3. The van der Waals surface area contributed by atoms with Crippen molar-refractivity contribution in [1.82, 2.24) is 4.98 Å². The predicted molar refractivity (Wildman–Crippen MR) is 67.1 cm³/mol. The average molecular weight is 274 g/mol. The van der Waals surface area contributed by atoms with Gasteiger partial charge in [0, 0.05) is 5.39 Å². The zero-order valence-corrected chi connectivity index (χ0v) is 10.2. The van der Waals surface area contributed by atoms with Gasteiger partial charge in [0.1, 0.15) is 10.9 Å². The molecule has 4 nitrogen and oxygen atoms in total. The number of carboxylic acids is 1. The Labute approximate surface area is 109 Å². The van der Waals surface area contributed by atoms with E-state index in [2.05, 4.69) is 4.98 Å². The molecule has 0 saturated carbocycles. The van der Waals surface area contributed by atoms with Crippen LogP contribution >= 0.6 is 24.0 Å². The number of hydrogen-bond acceptors (Lipinski definition) is 3. The third-order valence-corrected chi connectivity index (χ3v) is 2.20. The van der Waals surface area contributed by atoms with E-state index in [0.29, 0.717) is 10.9 Å². The van der Waals surface area contributed by atoms with Gasteiger partial charge in [-0.2, -0.15) is 0 Å². The van der Waals surface area contributed by atoms with Crippen molar-refractivity contribution >= 4 is 40.9 Å². The molecule has 17 heavy (non-hydrogen) atoms. The molecule has 0 amide bonds. The van der Waals surface area contributed by atoms with Gasteiger partial charge in [-0.15, -0.1) is 12.4 Å². The summed E-state index contributed by atoms with van der Waals surface area (Å²) >= 11 is 5.74. The standard InChI is InChI=1S/C11H8ClNO3.ClH/c12-10-4-1-7-5-8(16-6-11(14)15)2-3-9(7)13-10;/h1-5H,6H2,(H,14,15);1H. The highest BCUT2D eigenvalue weighted by Gasteiger charge is 2.01. The second kappa shape index (κ2) is 5.70. The van der Waals surface area contributed by atoms with Crippen molar-refractivity contribution in [2.45, 2.75) is 0 Å². The molecule has 1 N–H and O–H groups in total. The van der Waals surface area contributed by atoms with Crippen LogP contribution in [0.3, 0.4) is 0 Å². The van der Waals surface area contributed by atoms with Crippen LogP contribution in [0.15, 0.2) is 30.3 Å². The van der Waals surface area contributed by atoms with Gasteiger partial charge in [-0.3, -0.25) is 0 Å². The van der Waals surface area contributed by atoms with Crippen LogP contribution in [0, 0.1) is 0 Å². The van der Waals surface area contributed by atoms with Gasteiger partial charge >= 0.3 is 5.97 Å². The number of aromatic nitrogens is 1. The molecule has 0 saturated heterocycles. The maximum Gasteiger partial charge on any atom is 0.341 e. The number of benzene rings is 1. The molecular weight excluding hydrogens is 265 g/mol. The van der Waals surface area contributed by atoms with Crippen molar-refractivity contribution in [2.75, 3.05) is 6.61 Å². The molecule has 0 aliphatic carbocycles. The molecule has 2 rings (SSSR count). The van der Waals surface area contributed by atoms with Crippen molar-refractivity contribution < 1.29 is 14.6 Å². The first-order chi connectivity index (χ1) is 7.65. The molecule has 0 spiro atoms. The molecule has 1 aromatic heterocycles. The Bertz CT molecular complexity index is 545. The SMILES string of the molecule is Cl.O=C(O)COc1ccc2nc(Cl)ccc2c1. The highest BCUT2D eigenvalue weighted by molar-refractivity contribution is 6.29. The van der Waals surface area contributed by atoms with Gasteiger partial charge in [-0.1, -0.05) is 11.6 Å². The third-order valence-electron chi connectivity index (χ3n) is 1.99. The molecule has 0 radical (unpaired) electrons. The number of fused-ring (bicyclic) bond motifs is 1. The lowest BCUT2D eigenvalue weighted by Crippen LogP contribution is -2.09. The molecule has 0 fully saturated rings. The van der Waals surface area contributed by atoms with Crippen LogP contribution in [0.25, 0.3) is 10.9 Å². The van der Waals surface area contributed by atoms with Gasteiger partial charge in [0.15, 0.2) is 6.61 Å². The van der Waals surface area contributed by atoms with Crippen LogP contribution in [-0.4, -0.2) is 22.7 Å². The minimum Gasteiger partial charge on any atom is -0.482 e. The summed E-state index contributed by atoms with van der Waals surface area (Å²) in [6.07, 6.45) is 0. The summed E-state index contributed by atoms with van der Waals surface area (Å²) in [5.41, 5.74) is 0.746. The van der Waals surface area contributed by atoms with E-state index >= 15 is 0 Å². The molecule has 6 heteroatoms. The van der Waals surface area contributed by atoms with E-state index in [1.54, 1.807) is 30.3 Å². The van der Waals surface area contributed by atoms with Crippen LogP contribution in [0.1, 0.15) is 0 Å². The van der Waals surface area contributed by atoms with Crippen LogP contribution in [0.2, 0.25) is 5.15 Å². The minimum absolute atomic E-state index is 0. The molecule has 1 heterocycles. The third kappa shape index (κ3) is 3.47. The van der Waals surface area contributed by atoms with Gasteiger partial charge in [0.05, 0.1) is 5.52 Å². The lowest BCUT2D eigenvalue weighted by atomic mass is 10.2. The number of rotatable bonds is 3. The largest absolute Gasteiger partial charge is 0.482 e. The predicted octanol–water partition coefficient (Wildman–Crippen LogP) is 2.77. The molecule has 90 valence electrons. The van der Waals surface area contributed by atoms with Crippen LogP contribution in [0.4, 0.5) is 0 Å². The van der Waals surface area contributed by atoms with Crippen LogP contribution in [-0.2, 0) is 4.79 Å². The smallest absolute Gasteiger partial charge is 0.341 e. The quantitative estimate of drug-likeness (QED) is 0.874. The molecule has 0 aliphatic heterocycles. The second-order valence-electron chi connectivity index (χ2n) is 3.17. The Morgan fingerprint density at radius 3 is 2.82 bits per heavy atom. The Hall–Kier alpha value is -1.52. The molecule has 0 unspecified atom stereocenters. The van der Waals surface area contributed by atoms with Gasteiger partial charge in [0.2, 0.25) is 0 Å². The van der Waals surface area contributed by atoms with E-state index in [4.69, 9.17) is 21.4 Å². The molecule has 0 atom stereocenters. The number of aliphatic carboxylic acids is 1. The van der Waals surface area contributed by atoms with Crippen molar-refractivity contribution in [3.8, 4) is 5.75 Å². The van der Waals surface area contributed by atoms with E-state index in [1.807, 2.05) is 0 Å². The summed E-state index contributed by atoms with van der Waals surface area (Å²) in [7, 11) is 0. The molecule has 0 aliphatic rings. The fraction of sp³-hybridized carbons (Fsp3) is 0.0909. The minimum atomic E-state index is -1.01. The number of pyridine rings is 1. The zero-order valence-electron chi connectivity index (χ0n) is 8.59. The fourth-order valence-corrected chi connectivity index (χ4v) is 1.47. The van der Waals surface area contributed by atoms with E-state index in [1.165, 1.54) is 0 Å². The maximum atomic E-state index is 10.3. The summed E-state index contributed by atoms with van der Waals surface area (Å²) in [6.45, 7) is -0.355. The summed E-state index contributed by atoms with van der Waals surface area (Å²) in [5.74, 6) is -0.506. The second-order valence-corrected chi connectivity index (χ2v) is 3.56. The lowest BCUT2D eigenvalue weighted by Gasteiger charge is -2.04. The summed E-state index contributed by atoms with van der Waals surface area (Å²) in [5, 5.41) is 9.75. The van der Waals surface area contributed by atoms with E-state index in [0.717, 1.165) is 10.9 Å². The first-order valence-electron chi connectivity index (χ1n) is 4.56. The van der Waals surface area contributed by atoms with Gasteiger partial charge in [0.25, 0.3) is 0 Å². The Kier molecular flexibility index (Phi) is 4.54. The van der Waals surface area contributed by atoms with Crippen molar-refractivity contribution in [3.05, 3.63) is 35.5 Å². The number of halogens is 2. The summed E-state index contributed by atoms with van der Waals surface area (Å²) in [6, 6.07) is 8.59. The monoisotopic (exact) mass is 273 g/mol. The number of hydrogen-bond donors (Lipinski definition) is 1. The Morgan fingerprint density at radius 1 is 1.35 bits per heavy atom. The lowest BCUT2D eigenvalue weighted by molar-refractivity contribution is -0.139. The topological polar surface area (TPSA) is 59.4 Å². The van der Waals surface area contributed by atoms with E-state index in [-0.39, 0.29) is 19.0 Å². The van der Waals surface area contributed by atoms with E-state index < -0.39 is 5.97 Å². The van der Waals surface area contributed by atoms with Gasteiger partial charge < -0.3 is 9.84 Å². The summed E-state index contributed by atoms with van der Waals surface area (Å²) < 4.78 is 5.05. The fourth-order valence-electron chi connectivity index (χ4n) is 1.31. The molecule has 0 bridgehead atoms. The highest BCUT2D eigenvalue weighted by atomic mass is 35.5. The van der Waals surface area contributed by atoms with Gasteiger partial charge in [-0.05, 0) is 30.3 Å². The van der Waals surface area contributed by atoms with Gasteiger partial charge in [-0.25, -0.2) is 9.78 Å². The highest BCUT2D eigenvalue weighted by Crippen LogP contribution is 2.21. The Balaban J connectivity index is 0.00000144. The Morgan fingerprint density at radius 2 is 2.12 bits per heavy atom. The van der Waals surface area contributed by atoms with Crippen molar-refractivity contribution in [3.63, 3.8) is 0 Å². The summed E-state index contributed by atoms with van der Waals surface area (Å²) in [4.78, 5) is 14.4. The molecule has 2 aromatic rings. The average Bonchev–Trinajstić information content (AvgIpc) is 2.26. The molecular formula is C11H9Cl2NO3. The van der Waals surface area contributed by atoms with Crippen molar-refractivity contribution in [2.24, 2.45) is 0 Å². The van der Waals surface area contributed by atoms with Crippen LogP contribution < -0.4 is 4.74 Å². The number of ether oxygens (including phenoxy) is 1.